The summed E-state index contributed by atoms with van der Waals surface area (Å²) >= 11 is 0. The molecule has 0 atom stereocenters. The fourth-order valence-corrected chi connectivity index (χ4v) is 2.75. The number of nitrogens with one attached hydrogen (secondary N) is 1. The first-order valence-electron chi connectivity index (χ1n) is 7.44. The van der Waals surface area contributed by atoms with Crippen LogP contribution in [-0.4, -0.2) is 28.7 Å². The van der Waals surface area contributed by atoms with Gasteiger partial charge in [-0.25, -0.2) is 18.4 Å². The van der Waals surface area contributed by atoms with Gasteiger partial charge in [0.25, 0.3) is 0 Å². The second-order valence-electron chi connectivity index (χ2n) is 6.71. The summed E-state index contributed by atoms with van der Waals surface area (Å²) in [5.41, 5.74) is 2.44. The average Bonchev–Trinajstić information content (AvgIpc) is 2.82. The molecule has 6 nitrogen and oxygen atoms in total. The van der Waals surface area contributed by atoms with Gasteiger partial charge in [-0.2, -0.15) is 0 Å². The third-order valence-electron chi connectivity index (χ3n) is 3.48. The van der Waals surface area contributed by atoms with Gasteiger partial charge in [-0.15, -0.1) is 0 Å². The highest BCUT2D eigenvalue weighted by atomic mass is 32.2. The monoisotopic (exact) mass is 324 g/mol. The first-order valence-corrected chi connectivity index (χ1v) is 9.09. The number of rotatable bonds is 4. The van der Waals surface area contributed by atoms with Gasteiger partial charge < -0.3 is 4.57 Å². The molecule has 2 rings (SSSR count). The number of imidazole rings is 1. The molecule has 0 aliphatic carbocycles. The summed E-state index contributed by atoms with van der Waals surface area (Å²) in [6, 6.07) is 1.78. The Morgan fingerprint density at radius 1 is 1.32 bits per heavy atom. The van der Waals surface area contributed by atoms with Crippen LogP contribution in [0.1, 0.15) is 53.2 Å². The molecule has 0 spiro atoms. The summed E-state index contributed by atoms with van der Waals surface area (Å²) in [4.78, 5) is 9.06. The molecule has 0 radical (unpaired) electrons. The minimum atomic E-state index is -3.36. The quantitative estimate of drug-likeness (QED) is 0.937. The van der Waals surface area contributed by atoms with Crippen LogP contribution in [0.5, 0.6) is 0 Å². The summed E-state index contributed by atoms with van der Waals surface area (Å²) in [5.74, 6) is 0.214. The zero-order valence-corrected chi connectivity index (χ0v) is 14.8. The van der Waals surface area contributed by atoms with Gasteiger partial charge in [-0.1, -0.05) is 13.8 Å². The lowest BCUT2D eigenvalue weighted by atomic mass is 10.1. The lowest BCUT2D eigenvalue weighted by Gasteiger charge is -2.21. The summed E-state index contributed by atoms with van der Waals surface area (Å²) < 4.78 is 28.5. The van der Waals surface area contributed by atoms with Crippen LogP contribution in [0.2, 0.25) is 0 Å². The first-order chi connectivity index (χ1) is 10.0. The largest absolute Gasteiger partial charge is 0.310 e. The second kappa shape index (κ2) is 5.53. The molecule has 0 saturated carbocycles. The van der Waals surface area contributed by atoms with Crippen molar-refractivity contribution in [2.75, 3.05) is 10.5 Å². The Morgan fingerprint density at radius 3 is 2.45 bits per heavy atom. The third-order valence-corrected chi connectivity index (χ3v) is 4.78. The fraction of sp³-hybridized carbons (Fsp3) is 0.600. The lowest BCUT2D eigenvalue weighted by molar-refractivity contribution is 0.405. The molecule has 0 unspecified atom stereocenters. The lowest BCUT2D eigenvalue weighted by Crippen LogP contribution is -2.21. The molecule has 0 fully saturated rings. The minimum Gasteiger partial charge on any atom is -0.310 e. The number of anilines is 1. The van der Waals surface area contributed by atoms with Crippen molar-refractivity contribution in [2.45, 2.75) is 53.0 Å². The van der Waals surface area contributed by atoms with E-state index in [4.69, 9.17) is 0 Å². The molecule has 1 N–H and O–H groups in total. The van der Waals surface area contributed by atoms with Crippen LogP contribution in [0.3, 0.4) is 0 Å². The molecule has 22 heavy (non-hydrogen) atoms. The minimum absolute atomic E-state index is 0.0216. The van der Waals surface area contributed by atoms with E-state index < -0.39 is 10.0 Å². The maximum absolute atomic E-state index is 11.9. The molecule has 0 aromatic carbocycles. The molecular formula is C15H24N4O2S. The number of pyridine rings is 1. The van der Waals surface area contributed by atoms with Gasteiger partial charge in [-0.3, -0.25) is 4.72 Å². The van der Waals surface area contributed by atoms with E-state index in [1.54, 1.807) is 19.3 Å². The van der Waals surface area contributed by atoms with Crippen LogP contribution < -0.4 is 4.72 Å². The fourth-order valence-electron chi connectivity index (χ4n) is 2.11. The predicted molar refractivity (Wildman–Crippen MR) is 89.7 cm³/mol. The summed E-state index contributed by atoms with van der Waals surface area (Å²) in [7, 11) is -3.36. The number of nitrogens with zero attached hydrogens (tertiary/aromatic N) is 3. The average molecular weight is 324 g/mol. The highest BCUT2D eigenvalue weighted by Gasteiger charge is 2.21. The Morgan fingerprint density at radius 2 is 1.95 bits per heavy atom. The Balaban J connectivity index is 2.73. The zero-order chi connectivity index (χ0) is 16.7. The number of fused-ring (bicyclic) bond motifs is 1. The van der Waals surface area contributed by atoms with Crippen LogP contribution >= 0.6 is 0 Å². The van der Waals surface area contributed by atoms with E-state index in [9.17, 15) is 8.42 Å². The maximum Gasteiger partial charge on any atom is 0.232 e. The van der Waals surface area contributed by atoms with Crippen molar-refractivity contribution in [1.29, 1.82) is 0 Å². The van der Waals surface area contributed by atoms with Gasteiger partial charge in [0.2, 0.25) is 10.0 Å². The Kier molecular flexibility index (Phi) is 4.21. The molecule has 2 aromatic heterocycles. The molecule has 0 aliphatic rings. The van der Waals surface area contributed by atoms with Crippen molar-refractivity contribution in [3.05, 3.63) is 18.1 Å². The number of sulfonamides is 1. The normalized spacial score (nSPS) is 13.0. The topological polar surface area (TPSA) is 76.9 Å². The Labute approximate surface area is 132 Å². The number of aromatic nitrogens is 3. The van der Waals surface area contributed by atoms with E-state index >= 15 is 0 Å². The van der Waals surface area contributed by atoms with Crippen molar-refractivity contribution < 1.29 is 8.42 Å². The van der Waals surface area contributed by atoms with E-state index in [1.807, 2.05) is 18.4 Å². The predicted octanol–water partition coefficient (Wildman–Crippen LogP) is 3.07. The van der Waals surface area contributed by atoms with E-state index in [0.29, 0.717) is 16.9 Å². The summed E-state index contributed by atoms with van der Waals surface area (Å²) in [5, 5.41) is 0. The molecule has 0 amide bonds. The van der Waals surface area contributed by atoms with E-state index in [0.717, 1.165) is 5.69 Å². The van der Waals surface area contributed by atoms with Crippen LogP contribution in [0, 0.1) is 0 Å². The number of hydrogen-bond acceptors (Lipinski definition) is 4. The van der Waals surface area contributed by atoms with Crippen LogP contribution in [0.25, 0.3) is 11.2 Å². The highest BCUT2D eigenvalue weighted by molar-refractivity contribution is 7.92. The highest BCUT2D eigenvalue weighted by Crippen LogP contribution is 2.29. The van der Waals surface area contributed by atoms with Gasteiger partial charge in [0.05, 0.1) is 17.8 Å². The molecule has 0 aliphatic heterocycles. The van der Waals surface area contributed by atoms with E-state index in [1.165, 1.54) is 0 Å². The Hall–Kier alpha value is -1.63. The van der Waals surface area contributed by atoms with Crippen molar-refractivity contribution in [3.63, 3.8) is 0 Å². The molecule has 2 heterocycles. The molecule has 0 saturated heterocycles. The van der Waals surface area contributed by atoms with Crippen molar-refractivity contribution in [2.24, 2.45) is 0 Å². The van der Waals surface area contributed by atoms with E-state index in [2.05, 4.69) is 35.5 Å². The Bertz CT molecular complexity index is 786. The van der Waals surface area contributed by atoms with Crippen LogP contribution in [-0.2, 0) is 15.6 Å². The molecular weight excluding hydrogens is 300 g/mol. The molecule has 7 heteroatoms. The maximum atomic E-state index is 11.9. The van der Waals surface area contributed by atoms with E-state index in [-0.39, 0.29) is 17.2 Å². The van der Waals surface area contributed by atoms with Gasteiger partial charge in [0.1, 0.15) is 5.52 Å². The molecule has 2 aromatic rings. The van der Waals surface area contributed by atoms with Gasteiger partial charge >= 0.3 is 0 Å². The standard InChI is InChI=1S/C15H24N4O2S/c1-7-22(20,21)18-12-8-11(10(2)3)17-14-13(12)16-9-19(14)15(4,5)6/h8-10H,7H2,1-6H3,(H,17,18). The van der Waals surface area contributed by atoms with Crippen molar-refractivity contribution in [1.82, 2.24) is 14.5 Å². The SMILES string of the molecule is CCS(=O)(=O)Nc1cc(C(C)C)nc2c1ncn2C(C)(C)C. The number of hydrogen-bond donors (Lipinski definition) is 1. The van der Waals surface area contributed by atoms with Crippen LogP contribution in [0.4, 0.5) is 5.69 Å². The van der Waals surface area contributed by atoms with Crippen LogP contribution in [0.15, 0.2) is 12.4 Å². The second-order valence-corrected chi connectivity index (χ2v) is 8.72. The van der Waals surface area contributed by atoms with Crippen molar-refractivity contribution >= 4 is 26.9 Å². The van der Waals surface area contributed by atoms with Gasteiger partial charge in [-0.05, 0) is 39.7 Å². The zero-order valence-electron chi connectivity index (χ0n) is 14.0. The summed E-state index contributed by atoms with van der Waals surface area (Å²) in [6.45, 7) is 11.9. The van der Waals surface area contributed by atoms with Crippen molar-refractivity contribution in [3.8, 4) is 0 Å². The summed E-state index contributed by atoms with van der Waals surface area (Å²) in [6.07, 6.45) is 1.71. The van der Waals surface area contributed by atoms with Gasteiger partial charge in [0.15, 0.2) is 5.65 Å². The molecule has 122 valence electrons. The van der Waals surface area contributed by atoms with Gasteiger partial charge in [0, 0.05) is 11.2 Å². The first kappa shape index (κ1) is 16.7. The third kappa shape index (κ3) is 3.24. The smallest absolute Gasteiger partial charge is 0.232 e. The molecule has 0 bridgehead atoms.